The second-order valence-electron chi connectivity index (χ2n) is 4.27. The number of benzene rings is 1. The fourth-order valence-corrected chi connectivity index (χ4v) is 3.08. The molecular weight excluding hydrogens is 266 g/mol. The van der Waals surface area contributed by atoms with Crippen LogP contribution in [0, 0.1) is 0 Å². The van der Waals surface area contributed by atoms with Gasteiger partial charge in [-0.1, -0.05) is 17.7 Å². The molecule has 1 aromatic carbocycles. The Morgan fingerprint density at radius 2 is 1.89 bits per heavy atom. The van der Waals surface area contributed by atoms with Gasteiger partial charge in [0.15, 0.2) is 5.13 Å². The first-order valence-corrected chi connectivity index (χ1v) is 7.24. The Morgan fingerprint density at radius 1 is 1.11 bits per heavy atom. The van der Waals surface area contributed by atoms with E-state index >= 15 is 0 Å². The number of nitrogens with zero attached hydrogens (tertiary/aromatic N) is 3. The van der Waals surface area contributed by atoms with E-state index in [1.807, 2.05) is 29.8 Å². The molecule has 2 heterocycles. The Bertz CT molecular complexity index is 507. The third-order valence-electron chi connectivity index (χ3n) is 3.14. The molecule has 0 spiro atoms. The monoisotopic (exact) mass is 279 g/mol. The maximum atomic E-state index is 6.03. The van der Waals surface area contributed by atoms with E-state index in [1.165, 1.54) is 5.69 Å². The van der Waals surface area contributed by atoms with E-state index < -0.39 is 0 Å². The Balaban J connectivity index is 1.67. The number of anilines is 2. The van der Waals surface area contributed by atoms with Crippen LogP contribution in [-0.2, 0) is 0 Å². The average molecular weight is 280 g/mol. The highest BCUT2D eigenvalue weighted by Gasteiger charge is 2.18. The van der Waals surface area contributed by atoms with Crippen LogP contribution in [-0.4, -0.2) is 31.2 Å². The fourth-order valence-electron chi connectivity index (χ4n) is 2.20. The lowest BCUT2D eigenvalue weighted by Crippen LogP contribution is -2.46. The van der Waals surface area contributed by atoms with Gasteiger partial charge < -0.3 is 9.80 Å². The van der Waals surface area contributed by atoms with Gasteiger partial charge in [0.2, 0.25) is 0 Å². The minimum atomic E-state index is 0.801. The highest BCUT2D eigenvalue weighted by atomic mass is 35.5. The van der Waals surface area contributed by atoms with Crippen molar-refractivity contribution in [2.75, 3.05) is 36.0 Å². The van der Waals surface area contributed by atoms with Crippen molar-refractivity contribution in [1.29, 1.82) is 0 Å². The van der Waals surface area contributed by atoms with Crippen molar-refractivity contribution in [1.82, 2.24) is 4.98 Å². The third kappa shape index (κ3) is 2.44. The molecule has 0 saturated carbocycles. The van der Waals surface area contributed by atoms with Crippen LogP contribution in [0.15, 0.2) is 35.8 Å². The minimum absolute atomic E-state index is 0.801. The van der Waals surface area contributed by atoms with Crippen molar-refractivity contribution < 1.29 is 0 Å². The van der Waals surface area contributed by atoms with Crippen molar-refractivity contribution in [2.45, 2.75) is 0 Å². The zero-order chi connectivity index (χ0) is 12.4. The van der Waals surface area contributed by atoms with Gasteiger partial charge in [-0.2, -0.15) is 0 Å². The molecule has 1 aliphatic rings. The van der Waals surface area contributed by atoms with Crippen LogP contribution < -0.4 is 9.80 Å². The van der Waals surface area contributed by atoms with Crippen molar-refractivity contribution in [2.24, 2.45) is 0 Å². The minimum Gasteiger partial charge on any atom is -0.368 e. The van der Waals surface area contributed by atoms with Crippen molar-refractivity contribution >= 4 is 33.8 Å². The van der Waals surface area contributed by atoms with Gasteiger partial charge in [0.25, 0.3) is 0 Å². The summed E-state index contributed by atoms with van der Waals surface area (Å²) in [6.45, 7) is 4.06. The molecular formula is C13H14ClN3S. The summed E-state index contributed by atoms with van der Waals surface area (Å²) >= 11 is 7.73. The van der Waals surface area contributed by atoms with Gasteiger partial charge >= 0.3 is 0 Å². The van der Waals surface area contributed by atoms with E-state index in [2.05, 4.69) is 20.9 Å². The quantitative estimate of drug-likeness (QED) is 0.842. The van der Waals surface area contributed by atoms with Crippen LogP contribution in [0.5, 0.6) is 0 Å². The van der Waals surface area contributed by atoms with Gasteiger partial charge in [0.1, 0.15) is 0 Å². The van der Waals surface area contributed by atoms with Crippen LogP contribution in [0.3, 0.4) is 0 Å². The summed E-state index contributed by atoms with van der Waals surface area (Å²) in [6.07, 6.45) is 1.86. The van der Waals surface area contributed by atoms with Gasteiger partial charge in [-0.3, -0.25) is 0 Å². The van der Waals surface area contributed by atoms with E-state index in [0.29, 0.717) is 0 Å². The van der Waals surface area contributed by atoms with Crippen molar-refractivity contribution in [3.05, 3.63) is 40.9 Å². The molecule has 1 fully saturated rings. The summed E-state index contributed by atoms with van der Waals surface area (Å²) in [5.74, 6) is 0. The highest BCUT2D eigenvalue weighted by molar-refractivity contribution is 7.13. The number of thiazole rings is 1. The first kappa shape index (κ1) is 11.8. The number of aromatic nitrogens is 1. The van der Waals surface area contributed by atoms with Crippen LogP contribution in [0.4, 0.5) is 10.8 Å². The van der Waals surface area contributed by atoms with Crippen LogP contribution in [0.1, 0.15) is 0 Å². The zero-order valence-electron chi connectivity index (χ0n) is 9.92. The molecule has 94 valence electrons. The van der Waals surface area contributed by atoms with E-state index in [1.54, 1.807) is 11.3 Å². The van der Waals surface area contributed by atoms with Gasteiger partial charge in [-0.25, -0.2) is 4.98 Å². The first-order valence-electron chi connectivity index (χ1n) is 5.98. The molecule has 1 aromatic heterocycles. The summed E-state index contributed by atoms with van der Waals surface area (Å²) in [4.78, 5) is 9.07. The highest BCUT2D eigenvalue weighted by Crippen LogP contribution is 2.23. The van der Waals surface area contributed by atoms with Crippen molar-refractivity contribution in [3.8, 4) is 0 Å². The summed E-state index contributed by atoms with van der Waals surface area (Å²) in [7, 11) is 0. The Labute approximate surface area is 116 Å². The largest absolute Gasteiger partial charge is 0.368 e. The van der Waals surface area contributed by atoms with Gasteiger partial charge in [-0.15, -0.1) is 11.3 Å². The second kappa shape index (κ2) is 5.16. The SMILES string of the molecule is Clc1cccc(N2CCN(c3nccs3)CC2)c1. The molecule has 0 unspecified atom stereocenters. The van der Waals surface area contributed by atoms with Gasteiger partial charge in [-0.05, 0) is 18.2 Å². The molecule has 0 N–H and O–H groups in total. The molecule has 0 aliphatic carbocycles. The molecule has 0 radical (unpaired) electrons. The number of halogens is 1. The number of piperazine rings is 1. The van der Waals surface area contributed by atoms with E-state index in [4.69, 9.17) is 11.6 Å². The maximum Gasteiger partial charge on any atom is 0.185 e. The Morgan fingerprint density at radius 3 is 2.56 bits per heavy atom. The lowest BCUT2D eigenvalue weighted by Gasteiger charge is -2.36. The topological polar surface area (TPSA) is 19.4 Å². The van der Waals surface area contributed by atoms with Crippen LogP contribution >= 0.6 is 22.9 Å². The molecule has 3 nitrogen and oxygen atoms in total. The summed E-state index contributed by atoms with van der Waals surface area (Å²) in [6, 6.07) is 8.06. The van der Waals surface area contributed by atoms with Crippen molar-refractivity contribution in [3.63, 3.8) is 0 Å². The molecule has 2 aromatic rings. The molecule has 1 saturated heterocycles. The molecule has 0 atom stereocenters. The zero-order valence-corrected chi connectivity index (χ0v) is 11.5. The second-order valence-corrected chi connectivity index (χ2v) is 5.58. The van der Waals surface area contributed by atoms with Gasteiger partial charge in [0.05, 0.1) is 0 Å². The summed E-state index contributed by atoms with van der Waals surface area (Å²) in [5, 5.41) is 3.95. The third-order valence-corrected chi connectivity index (χ3v) is 4.21. The van der Waals surface area contributed by atoms with Crippen LogP contribution in [0.25, 0.3) is 0 Å². The molecule has 0 amide bonds. The Kier molecular flexibility index (Phi) is 3.39. The number of hydrogen-bond donors (Lipinski definition) is 0. The lowest BCUT2D eigenvalue weighted by atomic mass is 10.2. The average Bonchev–Trinajstić information content (AvgIpc) is 2.93. The molecule has 3 rings (SSSR count). The van der Waals surface area contributed by atoms with E-state index in [9.17, 15) is 0 Å². The van der Waals surface area contributed by atoms with E-state index in [-0.39, 0.29) is 0 Å². The molecule has 18 heavy (non-hydrogen) atoms. The normalized spacial score (nSPS) is 16.1. The number of hydrogen-bond acceptors (Lipinski definition) is 4. The molecule has 0 bridgehead atoms. The number of rotatable bonds is 2. The summed E-state index contributed by atoms with van der Waals surface area (Å²) in [5.41, 5.74) is 1.21. The molecule has 5 heteroatoms. The fraction of sp³-hybridized carbons (Fsp3) is 0.308. The molecule has 1 aliphatic heterocycles. The predicted octanol–water partition coefficient (Wildman–Crippen LogP) is 3.12. The Hall–Kier alpha value is -1.26. The van der Waals surface area contributed by atoms with Gasteiger partial charge in [0, 0.05) is 48.5 Å². The lowest BCUT2D eigenvalue weighted by molar-refractivity contribution is 0.652. The maximum absolute atomic E-state index is 6.03. The first-order chi connectivity index (χ1) is 8.83. The standard InChI is InChI=1S/C13H14ClN3S/c14-11-2-1-3-12(10-11)16-5-7-17(8-6-16)13-15-4-9-18-13/h1-4,9-10H,5-8H2. The smallest absolute Gasteiger partial charge is 0.185 e. The van der Waals surface area contributed by atoms with E-state index in [0.717, 1.165) is 36.3 Å². The predicted molar refractivity (Wildman–Crippen MR) is 78.0 cm³/mol. The summed E-state index contributed by atoms with van der Waals surface area (Å²) < 4.78 is 0. The van der Waals surface area contributed by atoms with Crippen LogP contribution in [0.2, 0.25) is 5.02 Å².